The van der Waals surface area contributed by atoms with E-state index in [4.69, 9.17) is 4.74 Å². The summed E-state index contributed by atoms with van der Waals surface area (Å²) in [6.45, 7) is 6.84. The Labute approximate surface area is 194 Å². The molecule has 170 valence electrons. The molecule has 9 heteroatoms. The molecule has 0 saturated carbocycles. The van der Waals surface area contributed by atoms with Crippen LogP contribution in [0.25, 0.3) is 21.0 Å². The highest BCUT2D eigenvalue weighted by Gasteiger charge is 2.30. The molecule has 7 nitrogen and oxygen atoms in total. The van der Waals surface area contributed by atoms with Gasteiger partial charge in [0, 0.05) is 36.0 Å². The maximum atomic E-state index is 15.0. The van der Waals surface area contributed by atoms with Crippen LogP contribution in [0, 0.1) is 5.82 Å². The number of aromatic nitrogens is 3. The Morgan fingerprint density at radius 1 is 1.24 bits per heavy atom. The minimum absolute atomic E-state index is 0.181. The summed E-state index contributed by atoms with van der Waals surface area (Å²) in [7, 11) is 0. The fourth-order valence-electron chi connectivity index (χ4n) is 4.08. The van der Waals surface area contributed by atoms with Crippen LogP contribution in [0.4, 0.5) is 20.7 Å². The first-order valence-electron chi connectivity index (χ1n) is 10.8. The van der Waals surface area contributed by atoms with Crippen molar-refractivity contribution in [2.24, 2.45) is 0 Å². The third-order valence-corrected chi connectivity index (χ3v) is 6.50. The van der Waals surface area contributed by atoms with Gasteiger partial charge in [-0.3, -0.25) is 0 Å². The Bertz CT molecular complexity index is 1350. The fraction of sp³-hybridized carbons (Fsp3) is 0.333. The number of amides is 1. The third kappa shape index (κ3) is 4.32. The summed E-state index contributed by atoms with van der Waals surface area (Å²) in [6.07, 6.45) is 3.68. The maximum Gasteiger partial charge on any atom is 0.410 e. The quantitative estimate of drug-likeness (QED) is 0.409. The number of halogens is 1. The van der Waals surface area contributed by atoms with Crippen LogP contribution < -0.4 is 5.32 Å². The lowest BCUT2D eigenvalue weighted by atomic mass is 9.97. The molecule has 0 unspecified atom stereocenters. The summed E-state index contributed by atoms with van der Waals surface area (Å²) in [6, 6.07) is 9.54. The molecule has 0 radical (unpaired) electrons. The van der Waals surface area contributed by atoms with Crippen molar-refractivity contribution in [1.29, 1.82) is 0 Å². The van der Waals surface area contributed by atoms with E-state index in [1.807, 2.05) is 45.0 Å². The van der Waals surface area contributed by atoms with E-state index in [0.29, 0.717) is 29.3 Å². The highest BCUT2D eigenvalue weighted by molar-refractivity contribution is 7.13. The van der Waals surface area contributed by atoms with Crippen molar-refractivity contribution in [1.82, 2.24) is 19.2 Å². The molecule has 5 rings (SSSR count). The lowest BCUT2D eigenvalue weighted by molar-refractivity contribution is 0.0292. The molecule has 1 aliphatic rings. The summed E-state index contributed by atoms with van der Waals surface area (Å²) in [4.78, 5) is 22.9. The molecule has 0 spiro atoms. The molecule has 1 fully saturated rings. The Morgan fingerprint density at radius 2 is 2.09 bits per heavy atom. The Balaban J connectivity index is 1.42. The second kappa shape index (κ2) is 8.22. The van der Waals surface area contributed by atoms with Crippen molar-refractivity contribution in [2.45, 2.75) is 38.7 Å². The second-order valence-corrected chi connectivity index (χ2v) is 10.0. The van der Waals surface area contributed by atoms with E-state index in [0.717, 1.165) is 39.8 Å². The molecule has 0 aliphatic carbocycles. The van der Waals surface area contributed by atoms with E-state index in [2.05, 4.69) is 19.7 Å². The number of anilines is 2. The van der Waals surface area contributed by atoms with Crippen LogP contribution in [0.1, 0.15) is 38.7 Å². The van der Waals surface area contributed by atoms with Crippen molar-refractivity contribution < 1.29 is 13.9 Å². The van der Waals surface area contributed by atoms with Gasteiger partial charge in [0.05, 0.1) is 15.9 Å². The Kier molecular flexibility index (Phi) is 5.36. The molecule has 2 aromatic carbocycles. The van der Waals surface area contributed by atoms with Gasteiger partial charge in [0.1, 0.15) is 17.7 Å². The first kappa shape index (κ1) is 21.5. The molecule has 1 atom stereocenters. The van der Waals surface area contributed by atoms with Gasteiger partial charge >= 0.3 is 6.09 Å². The number of carbonyl (C=O) groups is 1. The van der Waals surface area contributed by atoms with Gasteiger partial charge in [0.15, 0.2) is 5.82 Å². The van der Waals surface area contributed by atoms with Gasteiger partial charge in [-0.05, 0) is 68.6 Å². The van der Waals surface area contributed by atoms with Gasteiger partial charge in [0.2, 0.25) is 0 Å². The monoisotopic (exact) mass is 465 g/mol. The predicted octanol–water partition coefficient (Wildman–Crippen LogP) is 5.85. The van der Waals surface area contributed by atoms with Gasteiger partial charge in [-0.1, -0.05) is 6.07 Å². The Hall–Kier alpha value is -3.33. The molecule has 3 heterocycles. The average Bonchev–Trinajstić information content (AvgIpc) is 3.45. The zero-order valence-corrected chi connectivity index (χ0v) is 19.4. The fourth-order valence-corrected chi connectivity index (χ4v) is 4.77. The number of nitrogens with one attached hydrogen (secondary N) is 1. The van der Waals surface area contributed by atoms with Crippen molar-refractivity contribution in [2.75, 3.05) is 18.4 Å². The number of rotatable bonds is 3. The van der Waals surface area contributed by atoms with Crippen LogP contribution in [0.15, 0.2) is 42.9 Å². The lowest BCUT2D eigenvalue weighted by Gasteiger charge is -2.24. The van der Waals surface area contributed by atoms with Gasteiger partial charge in [0.25, 0.3) is 0 Å². The summed E-state index contributed by atoms with van der Waals surface area (Å²) in [5, 5.41) is 4.71. The first-order valence-corrected chi connectivity index (χ1v) is 11.6. The van der Waals surface area contributed by atoms with Crippen LogP contribution in [0.2, 0.25) is 0 Å². The summed E-state index contributed by atoms with van der Waals surface area (Å²) >= 11 is 1.13. The van der Waals surface area contributed by atoms with E-state index >= 15 is 0 Å². The predicted molar refractivity (Wildman–Crippen MR) is 128 cm³/mol. The molecule has 0 bridgehead atoms. The van der Waals surface area contributed by atoms with Crippen LogP contribution in [-0.2, 0) is 4.74 Å². The standard InChI is InChI=1S/C24H24FN5O2S/c1-24(2,3)32-23(31)30-9-8-16(12-30)14-4-6-18-17(10-14)22(27-13-26-18)29-19-7-5-15-11-28-33-21(15)20(19)25/h4-7,10-11,13,16H,8-9,12H2,1-3H3,(H,26,27,29)/t16-/m1/s1. The number of ether oxygens (including phenoxy) is 1. The van der Waals surface area contributed by atoms with Gasteiger partial charge in [-0.15, -0.1) is 0 Å². The number of hydrogen-bond donors (Lipinski definition) is 1. The number of hydrogen-bond acceptors (Lipinski definition) is 7. The van der Waals surface area contributed by atoms with Crippen molar-refractivity contribution in [3.63, 3.8) is 0 Å². The van der Waals surface area contributed by atoms with Crippen LogP contribution in [-0.4, -0.2) is 44.0 Å². The number of fused-ring (bicyclic) bond motifs is 2. The zero-order chi connectivity index (χ0) is 23.2. The number of benzene rings is 2. The second-order valence-electron chi connectivity index (χ2n) is 9.21. The smallest absolute Gasteiger partial charge is 0.410 e. The maximum absolute atomic E-state index is 15.0. The lowest BCUT2D eigenvalue weighted by Crippen LogP contribution is -2.35. The molecular formula is C24H24FN5O2S. The first-order chi connectivity index (χ1) is 15.8. The molecule has 1 N–H and O–H groups in total. The molecule has 1 aliphatic heterocycles. The van der Waals surface area contributed by atoms with Gasteiger partial charge < -0.3 is 15.0 Å². The minimum Gasteiger partial charge on any atom is -0.444 e. The summed E-state index contributed by atoms with van der Waals surface area (Å²) in [5.41, 5.74) is 1.67. The number of nitrogens with zero attached hydrogens (tertiary/aromatic N) is 4. The van der Waals surface area contributed by atoms with E-state index in [1.165, 1.54) is 6.33 Å². The molecule has 1 saturated heterocycles. The molecule has 1 amide bonds. The molecule has 33 heavy (non-hydrogen) atoms. The third-order valence-electron chi connectivity index (χ3n) is 5.69. The van der Waals surface area contributed by atoms with Crippen molar-refractivity contribution in [3.8, 4) is 0 Å². The normalized spacial score (nSPS) is 16.5. The minimum atomic E-state index is -0.520. The number of likely N-dealkylation sites (tertiary alicyclic amines) is 1. The van der Waals surface area contributed by atoms with Gasteiger partial charge in [-0.25, -0.2) is 19.2 Å². The van der Waals surface area contributed by atoms with Gasteiger partial charge in [-0.2, -0.15) is 4.37 Å². The van der Waals surface area contributed by atoms with Crippen molar-refractivity contribution in [3.05, 3.63) is 54.2 Å². The Morgan fingerprint density at radius 3 is 2.91 bits per heavy atom. The average molecular weight is 466 g/mol. The SMILES string of the molecule is CC(C)(C)OC(=O)N1CC[C@@H](c2ccc3ncnc(Nc4ccc5cnsc5c4F)c3c2)C1. The van der Waals surface area contributed by atoms with E-state index in [-0.39, 0.29) is 17.8 Å². The topological polar surface area (TPSA) is 80.2 Å². The number of carbonyl (C=O) groups excluding carboxylic acids is 1. The van der Waals surface area contributed by atoms with Crippen molar-refractivity contribution >= 4 is 50.1 Å². The summed E-state index contributed by atoms with van der Waals surface area (Å²) < 4.78 is 25.1. The van der Waals surface area contributed by atoms with Crippen LogP contribution in [0.3, 0.4) is 0 Å². The highest BCUT2D eigenvalue weighted by atomic mass is 32.1. The van der Waals surface area contributed by atoms with E-state index in [9.17, 15) is 9.18 Å². The largest absolute Gasteiger partial charge is 0.444 e. The zero-order valence-electron chi connectivity index (χ0n) is 18.6. The van der Waals surface area contributed by atoms with Crippen LogP contribution in [0.5, 0.6) is 0 Å². The molecule has 4 aromatic rings. The molecule has 2 aromatic heterocycles. The molecular weight excluding hydrogens is 441 g/mol. The van der Waals surface area contributed by atoms with E-state index < -0.39 is 5.60 Å². The summed E-state index contributed by atoms with van der Waals surface area (Å²) in [5.74, 6) is 0.369. The van der Waals surface area contributed by atoms with E-state index in [1.54, 1.807) is 17.2 Å². The highest BCUT2D eigenvalue weighted by Crippen LogP contribution is 2.34. The van der Waals surface area contributed by atoms with Crippen LogP contribution >= 0.6 is 11.5 Å².